The fourth-order valence-corrected chi connectivity index (χ4v) is 3.58. The van der Waals surface area contributed by atoms with E-state index in [0.29, 0.717) is 18.7 Å². The molecule has 6 nitrogen and oxygen atoms in total. The Balaban J connectivity index is 1.33. The summed E-state index contributed by atoms with van der Waals surface area (Å²) in [4.78, 5) is 29.1. The van der Waals surface area contributed by atoms with Crippen molar-refractivity contribution >= 4 is 22.8 Å². The molecule has 2 amide bonds. The molecule has 0 aliphatic carbocycles. The maximum absolute atomic E-state index is 12.9. The number of fused-ring (bicyclic) bond motifs is 1. The summed E-state index contributed by atoms with van der Waals surface area (Å²) in [5, 5.41) is 5.55. The largest absolute Gasteiger partial charge is 0.354 e. The Bertz CT molecular complexity index is 1250. The van der Waals surface area contributed by atoms with Gasteiger partial charge in [-0.05, 0) is 55.0 Å². The number of halogens is 1. The molecule has 3 aromatic carbocycles. The van der Waals surface area contributed by atoms with Crippen molar-refractivity contribution in [2.24, 2.45) is 0 Å². The van der Waals surface area contributed by atoms with Crippen molar-refractivity contribution in [3.8, 4) is 5.69 Å². The average Bonchev–Trinajstić information content (AvgIpc) is 3.13. The lowest BCUT2D eigenvalue weighted by Gasteiger charge is -2.08. The highest BCUT2D eigenvalue weighted by atomic mass is 19.1. The Morgan fingerprint density at radius 1 is 0.938 bits per heavy atom. The number of aryl methyl sites for hydroxylation is 1. The van der Waals surface area contributed by atoms with E-state index in [1.165, 1.54) is 12.1 Å². The lowest BCUT2D eigenvalue weighted by atomic mass is 10.1. The van der Waals surface area contributed by atoms with Gasteiger partial charge >= 0.3 is 0 Å². The van der Waals surface area contributed by atoms with Gasteiger partial charge in [0.15, 0.2) is 0 Å². The van der Waals surface area contributed by atoms with Crippen molar-refractivity contribution in [3.05, 3.63) is 95.6 Å². The standard InChI is InChI=1S/C25H23FN4O2/c1-17-29-22-16-19(9-12-23(22)30(17)21-5-3-2-4-6-21)25(32)28-14-13-27-24(31)15-18-7-10-20(26)11-8-18/h2-12,16H,13-15H2,1H3,(H,27,31)(H,28,32). The van der Waals surface area contributed by atoms with Gasteiger partial charge in [0.25, 0.3) is 5.91 Å². The summed E-state index contributed by atoms with van der Waals surface area (Å²) in [6, 6.07) is 21.2. The Kier molecular flexibility index (Phi) is 6.26. The number of nitrogens with zero attached hydrogens (tertiary/aromatic N) is 2. The van der Waals surface area contributed by atoms with E-state index in [1.807, 2.05) is 47.9 Å². The lowest BCUT2D eigenvalue weighted by Crippen LogP contribution is -2.35. The predicted molar refractivity (Wildman–Crippen MR) is 121 cm³/mol. The molecule has 0 saturated heterocycles. The second-order valence-corrected chi connectivity index (χ2v) is 7.44. The molecule has 0 saturated carbocycles. The highest BCUT2D eigenvalue weighted by Crippen LogP contribution is 2.22. The average molecular weight is 430 g/mol. The Morgan fingerprint density at radius 2 is 1.66 bits per heavy atom. The van der Waals surface area contributed by atoms with Crippen molar-refractivity contribution in [2.75, 3.05) is 13.1 Å². The van der Waals surface area contributed by atoms with E-state index in [2.05, 4.69) is 15.6 Å². The first kappa shape index (κ1) is 21.2. The van der Waals surface area contributed by atoms with Gasteiger partial charge in [0.2, 0.25) is 5.91 Å². The maximum Gasteiger partial charge on any atom is 0.251 e. The summed E-state index contributed by atoms with van der Waals surface area (Å²) in [6.07, 6.45) is 0.161. The van der Waals surface area contributed by atoms with E-state index < -0.39 is 0 Å². The highest BCUT2D eigenvalue weighted by molar-refractivity contribution is 5.97. The van der Waals surface area contributed by atoms with Crippen LogP contribution in [0.5, 0.6) is 0 Å². The zero-order chi connectivity index (χ0) is 22.5. The van der Waals surface area contributed by atoms with Crippen LogP contribution in [-0.4, -0.2) is 34.5 Å². The first-order valence-corrected chi connectivity index (χ1v) is 10.3. The minimum Gasteiger partial charge on any atom is -0.354 e. The molecule has 0 bridgehead atoms. The third-order valence-electron chi connectivity index (χ3n) is 5.11. The van der Waals surface area contributed by atoms with Gasteiger partial charge in [-0.1, -0.05) is 30.3 Å². The molecule has 0 aliphatic heterocycles. The molecule has 0 aliphatic rings. The molecule has 1 heterocycles. The van der Waals surface area contributed by atoms with Gasteiger partial charge in [0.05, 0.1) is 17.5 Å². The Hall–Kier alpha value is -4.00. The number of aromatic nitrogens is 2. The number of amides is 2. The molecule has 0 atom stereocenters. The first-order valence-electron chi connectivity index (χ1n) is 10.3. The number of carbonyl (C=O) groups is 2. The molecule has 0 unspecified atom stereocenters. The molecule has 4 rings (SSSR count). The van der Waals surface area contributed by atoms with Gasteiger partial charge in [-0.15, -0.1) is 0 Å². The van der Waals surface area contributed by atoms with E-state index in [4.69, 9.17) is 0 Å². The van der Waals surface area contributed by atoms with Crippen LogP contribution in [0.25, 0.3) is 16.7 Å². The van der Waals surface area contributed by atoms with Crippen molar-refractivity contribution < 1.29 is 14.0 Å². The van der Waals surface area contributed by atoms with Crippen LogP contribution in [0.1, 0.15) is 21.7 Å². The van der Waals surface area contributed by atoms with Crippen LogP contribution in [0.2, 0.25) is 0 Å². The van der Waals surface area contributed by atoms with Crippen LogP contribution in [0.3, 0.4) is 0 Å². The monoisotopic (exact) mass is 430 g/mol. The van der Waals surface area contributed by atoms with Crippen LogP contribution in [-0.2, 0) is 11.2 Å². The summed E-state index contributed by atoms with van der Waals surface area (Å²) < 4.78 is 15.0. The number of hydrogen-bond donors (Lipinski definition) is 2. The van der Waals surface area contributed by atoms with E-state index in [9.17, 15) is 14.0 Å². The van der Waals surface area contributed by atoms with Crippen LogP contribution in [0, 0.1) is 12.7 Å². The molecule has 7 heteroatoms. The lowest BCUT2D eigenvalue weighted by molar-refractivity contribution is -0.120. The van der Waals surface area contributed by atoms with Gasteiger partial charge in [0.1, 0.15) is 11.6 Å². The smallest absolute Gasteiger partial charge is 0.251 e. The molecule has 0 radical (unpaired) electrons. The Morgan fingerprint density at radius 3 is 2.41 bits per heavy atom. The van der Waals surface area contributed by atoms with Gasteiger partial charge < -0.3 is 10.6 Å². The third kappa shape index (κ3) is 4.83. The van der Waals surface area contributed by atoms with Crippen LogP contribution >= 0.6 is 0 Å². The third-order valence-corrected chi connectivity index (χ3v) is 5.11. The van der Waals surface area contributed by atoms with Gasteiger partial charge in [-0.2, -0.15) is 0 Å². The SMILES string of the molecule is Cc1nc2cc(C(=O)NCCNC(=O)Cc3ccc(F)cc3)ccc2n1-c1ccccc1. The molecular formula is C25H23FN4O2. The Labute approximate surface area is 185 Å². The summed E-state index contributed by atoms with van der Waals surface area (Å²) >= 11 is 0. The molecule has 0 fully saturated rings. The number of rotatable bonds is 7. The topological polar surface area (TPSA) is 76.0 Å². The van der Waals surface area contributed by atoms with Gasteiger partial charge in [-0.3, -0.25) is 14.2 Å². The highest BCUT2D eigenvalue weighted by Gasteiger charge is 2.12. The maximum atomic E-state index is 12.9. The van der Waals surface area contributed by atoms with Crippen LogP contribution < -0.4 is 10.6 Å². The quantitative estimate of drug-likeness (QED) is 0.440. The normalized spacial score (nSPS) is 10.8. The van der Waals surface area contributed by atoms with Crippen molar-refractivity contribution in [1.82, 2.24) is 20.2 Å². The molecular weight excluding hydrogens is 407 g/mol. The van der Waals surface area contributed by atoms with Crippen molar-refractivity contribution in [1.29, 1.82) is 0 Å². The summed E-state index contributed by atoms with van der Waals surface area (Å²) in [5.74, 6) is 0.0884. The molecule has 2 N–H and O–H groups in total. The van der Waals surface area contributed by atoms with E-state index in [1.54, 1.807) is 24.3 Å². The summed E-state index contributed by atoms with van der Waals surface area (Å²) in [6.45, 7) is 2.53. The number of hydrogen-bond acceptors (Lipinski definition) is 3. The van der Waals surface area contributed by atoms with Crippen molar-refractivity contribution in [2.45, 2.75) is 13.3 Å². The number of para-hydroxylation sites is 1. The molecule has 1 aromatic heterocycles. The van der Waals surface area contributed by atoms with E-state index in [-0.39, 0.29) is 24.1 Å². The molecule has 162 valence electrons. The second kappa shape index (κ2) is 9.43. The number of benzene rings is 3. The van der Waals surface area contributed by atoms with E-state index >= 15 is 0 Å². The summed E-state index contributed by atoms with van der Waals surface area (Å²) in [7, 11) is 0. The summed E-state index contributed by atoms with van der Waals surface area (Å²) in [5.41, 5.74) is 3.92. The minimum atomic E-state index is -0.336. The minimum absolute atomic E-state index is 0.161. The first-order chi connectivity index (χ1) is 15.5. The van der Waals surface area contributed by atoms with Gasteiger partial charge in [-0.25, -0.2) is 9.37 Å². The predicted octanol–water partition coefficient (Wildman–Crippen LogP) is 3.56. The zero-order valence-corrected chi connectivity index (χ0v) is 17.6. The number of carbonyl (C=O) groups excluding carboxylic acids is 2. The number of nitrogens with one attached hydrogen (secondary N) is 2. The van der Waals surface area contributed by atoms with E-state index in [0.717, 1.165) is 28.1 Å². The van der Waals surface area contributed by atoms with Gasteiger partial charge in [0, 0.05) is 24.3 Å². The van der Waals surface area contributed by atoms with Crippen molar-refractivity contribution in [3.63, 3.8) is 0 Å². The van der Waals surface area contributed by atoms with Crippen LogP contribution in [0.15, 0.2) is 72.8 Å². The zero-order valence-electron chi connectivity index (χ0n) is 17.6. The van der Waals surface area contributed by atoms with Crippen LogP contribution in [0.4, 0.5) is 4.39 Å². The second-order valence-electron chi connectivity index (χ2n) is 7.44. The fourth-order valence-electron chi connectivity index (χ4n) is 3.58. The number of imidazole rings is 1. The fraction of sp³-hybridized carbons (Fsp3) is 0.160. The molecule has 0 spiro atoms. The molecule has 32 heavy (non-hydrogen) atoms. The molecule has 4 aromatic rings.